The number of methoxy groups -OCH3 is 1. The molecular formula is C14H23N3O. The van der Waals surface area contributed by atoms with E-state index < -0.39 is 0 Å². The molecule has 4 heteroatoms. The third-order valence-electron chi connectivity index (χ3n) is 3.38. The number of rotatable bonds is 5. The highest BCUT2D eigenvalue weighted by atomic mass is 16.5. The van der Waals surface area contributed by atoms with Crippen molar-refractivity contribution >= 4 is 5.82 Å². The van der Waals surface area contributed by atoms with Gasteiger partial charge in [-0.15, -0.1) is 0 Å². The molecule has 1 aliphatic rings. The van der Waals surface area contributed by atoms with Crippen LogP contribution in [0.25, 0.3) is 0 Å². The summed E-state index contributed by atoms with van der Waals surface area (Å²) in [5, 5.41) is 3.31. The van der Waals surface area contributed by atoms with Crippen molar-refractivity contribution in [2.75, 3.05) is 31.6 Å². The topological polar surface area (TPSA) is 37.4 Å². The summed E-state index contributed by atoms with van der Waals surface area (Å²) < 4.78 is 5.46. The van der Waals surface area contributed by atoms with Crippen LogP contribution in [0.5, 0.6) is 0 Å². The number of ether oxygens (including phenoxy) is 1. The van der Waals surface area contributed by atoms with Crippen molar-refractivity contribution in [2.45, 2.75) is 32.4 Å². The lowest BCUT2D eigenvalue weighted by Gasteiger charge is -2.32. The van der Waals surface area contributed by atoms with Crippen molar-refractivity contribution < 1.29 is 4.74 Å². The lowest BCUT2D eigenvalue weighted by atomic mass is 10.1. The van der Waals surface area contributed by atoms with E-state index in [-0.39, 0.29) is 0 Å². The summed E-state index contributed by atoms with van der Waals surface area (Å²) in [6.45, 7) is 5.95. The van der Waals surface area contributed by atoms with Gasteiger partial charge in [-0.3, -0.25) is 0 Å². The van der Waals surface area contributed by atoms with Crippen molar-refractivity contribution in [3.63, 3.8) is 0 Å². The van der Waals surface area contributed by atoms with Crippen LogP contribution in [0.2, 0.25) is 0 Å². The van der Waals surface area contributed by atoms with Gasteiger partial charge in [0.05, 0.1) is 11.8 Å². The molecule has 100 valence electrons. The molecular weight excluding hydrogens is 226 g/mol. The molecule has 0 aliphatic carbocycles. The Bertz CT molecular complexity index is 370. The van der Waals surface area contributed by atoms with Crippen molar-refractivity contribution in [3.05, 3.63) is 23.9 Å². The molecule has 1 saturated heterocycles. The van der Waals surface area contributed by atoms with Gasteiger partial charge < -0.3 is 15.0 Å². The van der Waals surface area contributed by atoms with Crippen molar-refractivity contribution in [1.29, 1.82) is 0 Å². The molecule has 0 saturated carbocycles. The molecule has 2 heterocycles. The van der Waals surface area contributed by atoms with Gasteiger partial charge in [-0.2, -0.15) is 0 Å². The van der Waals surface area contributed by atoms with Gasteiger partial charge in [0.1, 0.15) is 5.82 Å². The minimum Gasteiger partial charge on any atom is -0.380 e. The lowest BCUT2D eigenvalue weighted by Crippen LogP contribution is -2.39. The zero-order valence-electron chi connectivity index (χ0n) is 11.4. The number of nitrogens with one attached hydrogen (secondary N) is 1. The lowest BCUT2D eigenvalue weighted by molar-refractivity contribution is 0.0891. The fraction of sp³-hybridized carbons (Fsp3) is 0.643. The fourth-order valence-corrected chi connectivity index (χ4v) is 2.33. The van der Waals surface area contributed by atoms with E-state index in [1.165, 1.54) is 6.42 Å². The predicted molar refractivity (Wildman–Crippen MR) is 73.9 cm³/mol. The van der Waals surface area contributed by atoms with Gasteiger partial charge in [0, 0.05) is 26.7 Å². The maximum absolute atomic E-state index is 5.46. The van der Waals surface area contributed by atoms with Crippen LogP contribution in [0.4, 0.5) is 5.82 Å². The SMILES string of the molecule is CCNCc1cccc(N2CCCC(OC)C2)n1. The highest BCUT2D eigenvalue weighted by molar-refractivity contribution is 5.40. The maximum atomic E-state index is 5.46. The zero-order chi connectivity index (χ0) is 12.8. The molecule has 0 aromatic carbocycles. The van der Waals surface area contributed by atoms with E-state index in [1.807, 2.05) is 0 Å². The van der Waals surface area contributed by atoms with Crippen LogP contribution in [-0.4, -0.2) is 37.8 Å². The number of pyridine rings is 1. The quantitative estimate of drug-likeness (QED) is 0.863. The molecule has 1 aromatic rings. The Balaban J connectivity index is 2.02. The Kier molecular flexibility index (Phi) is 4.96. The average molecular weight is 249 g/mol. The number of nitrogens with zero attached hydrogens (tertiary/aromatic N) is 2. The van der Waals surface area contributed by atoms with E-state index in [9.17, 15) is 0 Å². The molecule has 1 atom stereocenters. The first kappa shape index (κ1) is 13.3. The van der Waals surface area contributed by atoms with Gasteiger partial charge in [0.2, 0.25) is 0 Å². The molecule has 1 aromatic heterocycles. The first-order valence-corrected chi connectivity index (χ1v) is 6.78. The summed E-state index contributed by atoms with van der Waals surface area (Å²) in [7, 11) is 1.79. The monoisotopic (exact) mass is 249 g/mol. The van der Waals surface area contributed by atoms with E-state index in [0.29, 0.717) is 6.10 Å². The van der Waals surface area contributed by atoms with Gasteiger partial charge in [0.25, 0.3) is 0 Å². The number of aromatic nitrogens is 1. The standard InChI is InChI=1S/C14H23N3O/c1-3-15-10-12-6-4-8-14(16-12)17-9-5-7-13(11-17)18-2/h4,6,8,13,15H,3,5,7,9-11H2,1-2H3. The van der Waals surface area contributed by atoms with Gasteiger partial charge in [-0.05, 0) is 31.5 Å². The first-order valence-electron chi connectivity index (χ1n) is 6.78. The Morgan fingerprint density at radius 2 is 2.39 bits per heavy atom. The van der Waals surface area contributed by atoms with Crippen molar-refractivity contribution in [2.24, 2.45) is 0 Å². The highest BCUT2D eigenvalue weighted by Gasteiger charge is 2.20. The van der Waals surface area contributed by atoms with Crippen molar-refractivity contribution in [1.82, 2.24) is 10.3 Å². The van der Waals surface area contributed by atoms with Crippen LogP contribution in [0, 0.1) is 0 Å². The van der Waals surface area contributed by atoms with Gasteiger partial charge >= 0.3 is 0 Å². The molecule has 1 fully saturated rings. The van der Waals surface area contributed by atoms with Crippen molar-refractivity contribution in [3.8, 4) is 0 Å². The van der Waals surface area contributed by atoms with E-state index in [4.69, 9.17) is 9.72 Å². The van der Waals surface area contributed by atoms with Crippen LogP contribution >= 0.6 is 0 Å². The Morgan fingerprint density at radius 1 is 1.50 bits per heavy atom. The molecule has 0 radical (unpaired) electrons. The summed E-state index contributed by atoms with van der Waals surface area (Å²) in [6, 6.07) is 6.25. The van der Waals surface area contributed by atoms with Crippen LogP contribution in [0.1, 0.15) is 25.5 Å². The molecule has 18 heavy (non-hydrogen) atoms. The fourth-order valence-electron chi connectivity index (χ4n) is 2.33. The Morgan fingerprint density at radius 3 is 3.17 bits per heavy atom. The summed E-state index contributed by atoms with van der Waals surface area (Å²) in [5.41, 5.74) is 1.11. The number of hydrogen-bond donors (Lipinski definition) is 1. The van der Waals surface area contributed by atoms with Crippen LogP contribution in [-0.2, 0) is 11.3 Å². The predicted octanol–water partition coefficient (Wildman–Crippen LogP) is 1.81. The molecule has 1 N–H and O–H groups in total. The van der Waals surface area contributed by atoms with E-state index in [2.05, 4.69) is 35.3 Å². The summed E-state index contributed by atoms with van der Waals surface area (Å²) in [5.74, 6) is 1.08. The average Bonchev–Trinajstić information content (AvgIpc) is 2.45. The minimum atomic E-state index is 0.345. The number of hydrogen-bond acceptors (Lipinski definition) is 4. The number of anilines is 1. The summed E-state index contributed by atoms with van der Waals surface area (Å²) in [6.07, 6.45) is 2.68. The normalized spacial score (nSPS) is 20.1. The smallest absolute Gasteiger partial charge is 0.128 e. The molecule has 1 aliphatic heterocycles. The molecule has 4 nitrogen and oxygen atoms in total. The second kappa shape index (κ2) is 6.71. The van der Waals surface area contributed by atoms with E-state index in [0.717, 1.165) is 44.1 Å². The molecule has 0 amide bonds. The van der Waals surface area contributed by atoms with E-state index >= 15 is 0 Å². The Hall–Kier alpha value is -1.13. The second-order valence-electron chi connectivity index (χ2n) is 4.71. The van der Waals surface area contributed by atoms with Gasteiger partial charge in [0.15, 0.2) is 0 Å². The maximum Gasteiger partial charge on any atom is 0.128 e. The third kappa shape index (κ3) is 3.43. The number of piperidine rings is 1. The second-order valence-corrected chi connectivity index (χ2v) is 4.71. The zero-order valence-corrected chi connectivity index (χ0v) is 11.4. The summed E-state index contributed by atoms with van der Waals surface area (Å²) in [4.78, 5) is 7.04. The first-order chi connectivity index (χ1) is 8.83. The van der Waals surface area contributed by atoms with Crippen LogP contribution < -0.4 is 10.2 Å². The van der Waals surface area contributed by atoms with Crippen LogP contribution in [0.15, 0.2) is 18.2 Å². The molecule has 1 unspecified atom stereocenters. The third-order valence-corrected chi connectivity index (χ3v) is 3.38. The largest absolute Gasteiger partial charge is 0.380 e. The highest BCUT2D eigenvalue weighted by Crippen LogP contribution is 2.19. The molecule has 2 rings (SSSR count). The van der Waals surface area contributed by atoms with Gasteiger partial charge in [-0.25, -0.2) is 4.98 Å². The summed E-state index contributed by atoms with van der Waals surface area (Å²) >= 11 is 0. The van der Waals surface area contributed by atoms with E-state index in [1.54, 1.807) is 7.11 Å². The van der Waals surface area contributed by atoms with Crippen LogP contribution in [0.3, 0.4) is 0 Å². The minimum absolute atomic E-state index is 0.345. The molecule has 0 spiro atoms. The van der Waals surface area contributed by atoms with Gasteiger partial charge in [-0.1, -0.05) is 13.0 Å². The Labute approximate surface area is 109 Å². The molecule has 0 bridgehead atoms.